The van der Waals surface area contributed by atoms with Crippen LogP contribution in [-0.2, 0) is 16.2 Å². The molecule has 3 aromatic carbocycles. The predicted octanol–water partition coefficient (Wildman–Crippen LogP) is 6.30. The number of rotatable bonds is 9. The van der Waals surface area contributed by atoms with Gasteiger partial charge in [-0.3, -0.25) is 14.5 Å². The molecule has 0 unspecified atom stereocenters. The SMILES string of the molecule is CC(C)c1ccc(N(C)C)cc1N1C(=O)CSC1=NC(=O)NOCc1ccc(-c2ncn(-c3ccc(OC(F)(F)F)cc3)n2)cc1. The number of alkyl halides is 3. The fourth-order valence-electron chi connectivity index (χ4n) is 4.53. The van der Waals surface area contributed by atoms with Crippen LogP contribution < -0.4 is 20.0 Å². The fraction of sp³-hybridized carbons (Fsp3) is 0.258. The van der Waals surface area contributed by atoms with Gasteiger partial charge in [0.05, 0.1) is 23.7 Å². The Kier molecular flexibility index (Phi) is 9.63. The molecule has 1 aliphatic heterocycles. The Hall–Kier alpha value is -4.89. The zero-order valence-corrected chi connectivity index (χ0v) is 26.1. The Labute approximate surface area is 267 Å². The molecule has 1 saturated heterocycles. The van der Waals surface area contributed by atoms with Gasteiger partial charge < -0.3 is 9.64 Å². The number of aliphatic imine (C=N–C) groups is 1. The Bertz CT molecular complexity index is 1740. The minimum absolute atomic E-state index is 0.0449. The van der Waals surface area contributed by atoms with E-state index in [1.54, 1.807) is 24.3 Å². The molecule has 1 fully saturated rings. The van der Waals surface area contributed by atoms with Crippen molar-refractivity contribution in [2.75, 3.05) is 29.6 Å². The number of urea groups is 1. The fourth-order valence-corrected chi connectivity index (χ4v) is 5.39. The molecule has 0 saturated carbocycles. The monoisotopic (exact) mass is 653 g/mol. The van der Waals surface area contributed by atoms with Gasteiger partial charge in [-0.1, -0.05) is 55.9 Å². The van der Waals surface area contributed by atoms with Gasteiger partial charge in [0.2, 0.25) is 5.91 Å². The molecule has 0 spiro atoms. The summed E-state index contributed by atoms with van der Waals surface area (Å²) in [5.41, 5.74) is 6.82. The zero-order valence-electron chi connectivity index (χ0n) is 25.3. The van der Waals surface area contributed by atoms with Crippen LogP contribution in [-0.4, -0.2) is 58.1 Å². The second-order valence-electron chi connectivity index (χ2n) is 10.7. The second-order valence-corrected chi connectivity index (χ2v) is 11.6. The van der Waals surface area contributed by atoms with Gasteiger partial charge in [-0.25, -0.2) is 19.9 Å². The summed E-state index contributed by atoms with van der Waals surface area (Å²) < 4.78 is 42.5. The third kappa shape index (κ3) is 7.84. The summed E-state index contributed by atoms with van der Waals surface area (Å²) in [6, 6.07) is 17.5. The van der Waals surface area contributed by atoms with E-state index in [-0.39, 0.29) is 35.1 Å². The van der Waals surface area contributed by atoms with E-state index in [4.69, 9.17) is 4.84 Å². The molecule has 0 atom stereocenters. The van der Waals surface area contributed by atoms with Crippen molar-refractivity contribution in [2.24, 2.45) is 4.99 Å². The number of thioether (sulfide) groups is 1. The highest BCUT2D eigenvalue weighted by Gasteiger charge is 2.33. The number of carbonyl (C=O) groups is 2. The summed E-state index contributed by atoms with van der Waals surface area (Å²) in [6.07, 6.45) is -3.32. The van der Waals surface area contributed by atoms with Gasteiger partial charge in [0, 0.05) is 25.3 Å². The Morgan fingerprint density at radius 1 is 1.09 bits per heavy atom. The molecule has 5 rings (SSSR count). The van der Waals surface area contributed by atoms with E-state index in [1.807, 2.05) is 51.0 Å². The first kappa shape index (κ1) is 32.5. The molecule has 3 amide bonds. The van der Waals surface area contributed by atoms with Crippen molar-refractivity contribution >= 4 is 40.2 Å². The third-order valence-corrected chi connectivity index (χ3v) is 7.72. The van der Waals surface area contributed by atoms with Crippen LogP contribution in [0.15, 0.2) is 78.0 Å². The van der Waals surface area contributed by atoms with E-state index in [9.17, 15) is 22.8 Å². The largest absolute Gasteiger partial charge is 0.573 e. The quantitative estimate of drug-likeness (QED) is 0.210. The molecule has 1 N–H and O–H groups in total. The first-order valence-electron chi connectivity index (χ1n) is 14.0. The lowest BCUT2D eigenvalue weighted by Gasteiger charge is -2.24. The smallest absolute Gasteiger partial charge is 0.406 e. The number of hydroxylamine groups is 1. The highest BCUT2D eigenvalue weighted by atomic mass is 32.2. The van der Waals surface area contributed by atoms with Gasteiger partial charge in [0.15, 0.2) is 11.0 Å². The molecule has 1 aliphatic rings. The molecule has 4 aromatic rings. The lowest BCUT2D eigenvalue weighted by Crippen LogP contribution is -2.32. The second kappa shape index (κ2) is 13.6. The van der Waals surface area contributed by atoms with Crippen molar-refractivity contribution < 1.29 is 32.3 Å². The predicted molar refractivity (Wildman–Crippen MR) is 169 cm³/mol. The van der Waals surface area contributed by atoms with Crippen molar-refractivity contribution in [1.29, 1.82) is 0 Å². The number of anilines is 2. The molecule has 2 heterocycles. The molecule has 1 aromatic heterocycles. The van der Waals surface area contributed by atoms with Gasteiger partial charge >= 0.3 is 12.4 Å². The van der Waals surface area contributed by atoms with Crippen molar-refractivity contribution in [2.45, 2.75) is 32.7 Å². The van der Waals surface area contributed by atoms with Crippen molar-refractivity contribution in [1.82, 2.24) is 20.2 Å². The van der Waals surface area contributed by atoms with Crippen LogP contribution in [0.3, 0.4) is 0 Å². The Morgan fingerprint density at radius 2 is 1.80 bits per heavy atom. The molecule has 11 nitrogen and oxygen atoms in total. The van der Waals surface area contributed by atoms with Crippen LogP contribution in [0.1, 0.15) is 30.9 Å². The topological polar surface area (TPSA) is 114 Å². The summed E-state index contributed by atoms with van der Waals surface area (Å²) in [7, 11) is 3.83. The summed E-state index contributed by atoms with van der Waals surface area (Å²) in [5, 5.41) is 4.66. The normalized spacial score (nSPS) is 14.3. The molecule has 46 heavy (non-hydrogen) atoms. The average Bonchev–Trinajstić information content (AvgIpc) is 3.64. The van der Waals surface area contributed by atoms with Crippen LogP contribution >= 0.6 is 11.8 Å². The summed E-state index contributed by atoms with van der Waals surface area (Å²) in [6.45, 7) is 4.12. The number of amides is 3. The van der Waals surface area contributed by atoms with Gasteiger partial charge in [-0.15, -0.1) is 18.3 Å². The third-order valence-electron chi connectivity index (χ3n) is 6.79. The number of benzene rings is 3. The molecule has 15 heteroatoms. The molecular weight excluding hydrogens is 623 g/mol. The molecular formula is C31H30F3N7O4S. The Balaban J connectivity index is 1.19. The van der Waals surface area contributed by atoms with E-state index in [0.29, 0.717) is 22.8 Å². The van der Waals surface area contributed by atoms with Crippen LogP contribution in [0.25, 0.3) is 17.1 Å². The number of nitrogens with zero attached hydrogens (tertiary/aromatic N) is 6. The highest BCUT2D eigenvalue weighted by molar-refractivity contribution is 8.15. The minimum atomic E-state index is -4.77. The number of hydrogen-bond donors (Lipinski definition) is 1. The number of hydrogen-bond acceptors (Lipinski definition) is 8. The van der Waals surface area contributed by atoms with E-state index in [1.165, 1.54) is 51.9 Å². The lowest BCUT2D eigenvalue weighted by molar-refractivity contribution is -0.274. The number of aromatic nitrogens is 3. The van der Waals surface area contributed by atoms with Crippen molar-refractivity contribution in [3.05, 3.63) is 84.2 Å². The molecule has 0 radical (unpaired) electrons. The summed E-state index contributed by atoms with van der Waals surface area (Å²) in [5.74, 6) is 0.210. The van der Waals surface area contributed by atoms with Gasteiger partial charge in [-0.2, -0.15) is 4.99 Å². The van der Waals surface area contributed by atoms with Gasteiger partial charge in [0.25, 0.3) is 0 Å². The number of ether oxygens (including phenoxy) is 1. The summed E-state index contributed by atoms with van der Waals surface area (Å²) >= 11 is 1.18. The molecule has 0 aliphatic carbocycles. The zero-order chi connectivity index (χ0) is 33.0. The average molecular weight is 654 g/mol. The van der Waals surface area contributed by atoms with Gasteiger partial charge in [0.1, 0.15) is 12.1 Å². The lowest BCUT2D eigenvalue weighted by atomic mass is 9.99. The standard InChI is InChI=1S/C31H30F3N7O4S/c1-19(2)25-14-11-23(39(3)4)15-26(25)41-27(42)17-46-30(41)36-29(43)38-44-16-20-5-7-21(8-6-20)28-35-18-40(37-28)22-9-12-24(13-10-22)45-31(32,33)34/h5-15,18-19H,16-17H2,1-4H3,(H,38,43). The first-order valence-corrected chi connectivity index (χ1v) is 15.0. The number of carbonyl (C=O) groups excluding carboxylic acids is 2. The van der Waals surface area contributed by atoms with Crippen LogP contribution in [0, 0.1) is 0 Å². The first-order chi connectivity index (χ1) is 21.9. The number of halogens is 3. The highest BCUT2D eigenvalue weighted by Crippen LogP contribution is 2.36. The molecule has 0 bridgehead atoms. The van der Waals surface area contributed by atoms with Gasteiger partial charge in [-0.05, 0) is 53.4 Å². The van der Waals surface area contributed by atoms with Crippen LogP contribution in [0.2, 0.25) is 0 Å². The van der Waals surface area contributed by atoms with E-state index < -0.39 is 12.4 Å². The van der Waals surface area contributed by atoms with Crippen molar-refractivity contribution in [3.63, 3.8) is 0 Å². The van der Waals surface area contributed by atoms with E-state index >= 15 is 0 Å². The number of amidine groups is 1. The van der Waals surface area contributed by atoms with Crippen molar-refractivity contribution in [3.8, 4) is 22.8 Å². The van der Waals surface area contributed by atoms with E-state index in [0.717, 1.165) is 16.8 Å². The Morgan fingerprint density at radius 3 is 2.46 bits per heavy atom. The number of nitrogens with one attached hydrogen (secondary N) is 1. The van der Waals surface area contributed by atoms with E-state index in [2.05, 4.69) is 25.3 Å². The minimum Gasteiger partial charge on any atom is -0.406 e. The van der Waals surface area contributed by atoms with Crippen LogP contribution in [0.4, 0.5) is 29.3 Å². The molecule has 240 valence electrons. The maximum absolute atomic E-state index is 12.9. The maximum atomic E-state index is 12.9. The maximum Gasteiger partial charge on any atom is 0.573 e. The summed E-state index contributed by atoms with van der Waals surface area (Å²) in [4.78, 5) is 42.7. The van der Waals surface area contributed by atoms with Crippen LogP contribution in [0.5, 0.6) is 5.75 Å².